The number of carbonyl (C=O) groups excluding carboxylic acids is 1. The van der Waals surface area contributed by atoms with Gasteiger partial charge in [-0.1, -0.05) is 71.9 Å². The van der Waals surface area contributed by atoms with Crippen molar-refractivity contribution in [3.63, 3.8) is 0 Å². The average molecular weight is 418 g/mol. The largest absolute Gasteiger partial charge is 0.453 e. The quantitative estimate of drug-likeness (QED) is 0.475. The number of ether oxygens (including phenoxy) is 1. The van der Waals surface area contributed by atoms with Crippen LogP contribution in [0.15, 0.2) is 67.0 Å². The Morgan fingerprint density at radius 2 is 1.48 bits per heavy atom. The van der Waals surface area contributed by atoms with Crippen molar-refractivity contribution in [2.75, 3.05) is 10.6 Å². The fourth-order valence-corrected chi connectivity index (χ4v) is 3.20. The van der Waals surface area contributed by atoms with Gasteiger partial charge in [-0.05, 0) is 40.7 Å². The Labute approximate surface area is 184 Å². The number of hydrogen-bond donors (Lipinski definition) is 2. The highest BCUT2D eigenvalue weighted by molar-refractivity contribution is 6.00. The molecule has 0 bridgehead atoms. The van der Waals surface area contributed by atoms with E-state index in [4.69, 9.17) is 4.74 Å². The van der Waals surface area contributed by atoms with Crippen molar-refractivity contribution in [2.45, 2.75) is 52.4 Å². The third kappa shape index (κ3) is 5.85. The summed E-state index contributed by atoms with van der Waals surface area (Å²) in [5, 5.41) is 5.74. The number of nitrogens with one attached hydrogen (secondary N) is 2. The van der Waals surface area contributed by atoms with Gasteiger partial charge in [0.15, 0.2) is 5.75 Å². The zero-order valence-corrected chi connectivity index (χ0v) is 19.1. The van der Waals surface area contributed by atoms with Gasteiger partial charge in [0.1, 0.15) is 5.75 Å². The molecule has 3 aromatic rings. The number of para-hydroxylation sites is 1. The van der Waals surface area contributed by atoms with E-state index in [2.05, 4.69) is 57.2 Å². The standard InChI is InChI=1S/C26H31N3O2/c1-25(2,3)18-11-13-19(14-12-18)28-24(30)29-21-15-16-27-17-23(21)31-22-10-8-7-9-20(22)26(4,5)6/h7-17H,1-6H3,(H2,27,28,29,30). The van der Waals surface area contributed by atoms with Crippen LogP contribution >= 0.6 is 0 Å². The van der Waals surface area contributed by atoms with Gasteiger partial charge in [0.25, 0.3) is 0 Å². The lowest BCUT2D eigenvalue weighted by Gasteiger charge is -2.23. The Bertz CT molecular complexity index is 1050. The molecule has 0 radical (unpaired) electrons. The van der Waals surface area contributed by atoms with Crippen LogP contribution in [-0.4, -0.2) is 11.0 Å². The number of benzene rings is 2. The monoisotopic (exact) mass is 417 g/mol. The zero-order chi connectivity index (χ0) is 22.6. The number of aromatic nitrogens is 1. The van der Waals surface area contributed by atoms with Gasteiger partial charge in [0.2, 0.25) is 0 Å². The molecule has 1 aromatic heterocycles. The van der Waals surface area contributed by atoms with Crippen molar-refractivity contribution in [2.24, 2.45) is 0 Å². The summed E-state index contributed by atoms with van der Waals surface area (Å²) >= 11 is 0. The molecule has 0 saturated carbocycles. The van der Waals surface area contributed by atoms with Crippen molar-refractivity contribution in [1.82, 2.24) is 4.98 Å². The predicted molar refractivity (Wildman–Crippen MR) is 127 cm³/mol. The van der Waals surface area contributed by atoms with Gasteiger partial charge in [-0.3, -0.25) is 4.98 Å². The van der Waals surface area contributed by atoms with E-state index in [0.717, 1.165) is 17.0 Å². The third-order valence-corrected chi connectivity index (χ3v) is 4.96. The summed E-state index contributed by atoms with van der Waals surface area (Å²) in [6, 6.07) is 17.1. The average Bonchev–Trinajstić information content (AvgIpc) is 2.69. The molecule has 0 fully saturated rings. The van der Waals surface area contributed by atoms with E-state index in [0.29, 0.717) is 11.4 Å². The molecule has 2 aromatic carbocycles. The van der Waals surface area contributed by atoms with E-state index in [9.17, 15) is 4.79 Å². The summed E-state index contributed by atoms with van der Waals surface area (Å²) in [5.41, 5.74) is 3.53. The maximum Gasteiger partial charge on any atom is 0.323 e. The summed E-state index contributed by atoms with van der Waals surface area (Å²) in [4.78, 5) is 16.8. The molecule has 0 unspecified atom stereocenters. The van der Waals surface area contributed by atoms with Crippen molar-refractivity contribution in [3.8, 4) is 11.5 Å². The van der Waals surface area contributed by atoms with Gasteiger partial charge >= 0.3 is 6.03 Å². The van der Waals surface area contributed by atoms with Crippen LogP contribution in [-0.2, 0) is 10.8 Å². The first kappa shape index (κ1) is 22.3. The maximum absolute atomic E-state index is 12.6. The molecule has 5 nitrogen and oxygen atoms in total. The van der Waals surface area contributed by atoms with Crippen LogP contribution in [0.25, 0.3) is 0 Å². The molecule has 31 heavy (non-hydrogen) atoms. The Hall–Kier alpha value is -3.34. The first-order valence-electron chi connectivity index (χ1n) is 10.4. The summed E-state index contributed by atoms with van der Waals surface area (Å²) in [6.07, 6.45) is 3.23. The molecule has 0 aliphatic rings. The number of pyridine rings is 1. The smallest absolute Gasteiger partial charge is 0.323 e. The van der Waals surface area contributed by atoms with Crippen LogP contribution in [0.3, 0.4) is 0 Å². The summed E-state index contributed by atoms with van der Waals surface area (Å²) in [6.45, 7) is 12.9. The molecule has 5 heteroatoms. The Morgan fingerprint density at radius 3 is 2.13 bits per heavy atom. The first-order chi connectivity index (χ1) is 14.5. The Balaban J connectivity index is 1.75. The molecule has 1 heterocycles. The lowest BCUT2D eigenvalue weighted by Crippen LogP contribution is -2.20. The topological polar surface area (TPSA) is 63.2 Å². The van der Waals surface area contributed by atoms with Crippen molar-refractivity contribution >= 4 is 17.4 Å². The maximum atomic E-state index is 12.6. The number of rotatable bonds is 4. The number of nitrogens with zero attached hydrogens (tertiary/aromatic N) is 1. The first-order valence-corrected chi connectivity index (χ1v) is 10.4. The highest BCUT2D eigenvalue weighted by Gasteiger charge is 2.20. The second-order valence-corrected chi connectivity index (χ2v) is 9.63. The normalized spacial score (nSPS) is 11.7. The molecule has 0 spiro atoms. The summed E-state index contributed by atoms with van der Waals surface area (Å²) in [7, 11) is 0. The number of amides is 2. The third-order valence-electron chi connectivity index (χ3n) is 4.96. The van der Waals surface area contributed by atoms with E-state index in [1.807, 2.05) is 48.5 Å². The van der Waals surface area contributed by atoms with E-state index in [1.165, 1.54) is 5.56 Å². The minimum absolute atomic E-state index is 0.0629. The van der Waals surface area contributed by atoms with Crippen LogP contribution < -0.4 is 15.4 Å². The minimum Gasteiger partial charge on any atom is -0.453 e. The van der Waals surface area contributed by atoms with Gasteiger partial charge in [-0.15, -0.1) is 0 Å². The Kier molecular flexibility index (Phi) is 6.34. The van der Waals surface area contributed by atoms with Gasteiger partial charge in [-0.25, -0.2) is 4.79 Å². The molecule has 162 valence electrons. The van der Waals surface area contributed by atoms with E-state index in [1.54, 1.807) is 18.5 Å². The molecule has 2 N–H and O–H groups in total. The van der Waals surface area contributed by atoms with Gasteiger partial charge in [0.05, 0.1) is 11.9 Å². The van der Waals surface area contributed by atoms with E-state index < -0.39 is 0 Å². The zero-order valence-electron chi connectivity index (χ0n) is 19.1. The number of hydrogen-bond acceptors (Lipinski definition) is 3. The van der Waals surface area contributed by atoms with Crippen molar-refractivity contribution in [3.05, 3.63) is 78.1 Å². The lowest BCUT2D eigenvalue weighted by molar-refractivity contribution is 0.262. The van der Waals surface area contributed by atoms with E-state index in [-0.39, 0.29) is 16.9 Å². The van der Waals surface area contributed by atoms with Gasteiger partial charge in [0, 0.05) is 17.4 Å². The summed E-state index contributed by atoms with van der Waals surface area (Å²) in [5.74, 6) is 1.22. The molecule has 0 atom stereocenters. The van der Waals surface area contributed by atoms with Crippen LogP contribution in [0.2, 0.25) is 0 Å². The number of urea groups is 1. The molecular weight excluding hydrogens is 386 g/mol. The molecule has 0 aliphatic carbocycles. The molecule has 0 saturated heterocycles. The second-order valence-electron chi connectivity index (χ2n) is 9.63. The second kappa shape index (κ2) is 8.80. The summed E-state index contributed by atoms with van der Waals surface area (Å²) < 4.78 is 6.17. The Morgan fingerprint density at radius 1 is 0.806 bits per heavy atom. The van der Waals surface area contributed by atoms with Crippen LogP contribution in [0.1, 0.15) is 52.7 Å². The molecule has 2 amide bonds. The van der Waals surface area contributed by atoms with Crippen LogP contribution in [0, 0.1) is 0 Å². The minimum atomic E-state index is -0.344. The molecule has 0 aliphatic heterocycles. The fraction of sp³-hybridized carbons (Fsp3) is 0.308. The number of anilines is 2. The van der Waals surface area contributed by atoms with Crippen molar-refractivity contribution in [1.29, 1.82) is 0 Å². The SMILES string of the molecule is CC(C)(C)c1ccc(NC(=O)Nc2ccncc2Oc2ccccc2C(C)(C)C)cc1. The molecular formula is C26H31N3O2. The van der Waals surface area contributed by atoms with Crippen LogP contribution in [0.4, 0.5) is 16.2 Å². The fourth-order valence-electron chi connectivity index (χ4n) is 3.20. The predicted octanol–water partition coefficient (Wildman–Crippen LogP) is 7.11. The van der Waals surface area contributed by atoms with E-state index >= 15 is 0 Å². The van der Waals surface area contributed by atoms with Gasteiger partial charge in [-0.2, -0.15) is 0 Å². The highest BCUT2D eigenvalue weighted by Crippen LogP contribution is 2.36. The highest BCUT2D eigenvalue weighted by atomic mass is 16.5. The lowest BCUT2D eigenvalue weighted by atomic mass is 9.86. The van der Waals surface area contributed by atoms with Crippen LogP contribution in [0.5, 0.6) is 11.5 Å². The number of carbonyl (C=O) groups is 1. The molecule has 3 rings (SSSR count). The van der Waals surface area contributed by atoms with Crippen molar-refractivity contribution < 1.29 is 9.53 Å². The van der Waals surface area contributed by atoms with Gasteiger partial charge < -0.3 is 15.4 Å².